The van der Waals surface area contributed by atoms with Crippen molar-refractivity contribution in [3.05, 3.63) is 63.2 Å². The molecule has 0 atom stereocenters. The monoisotopic (exact) mass is 466 g/mol. The lowest BCUT2D eigenvalue weighted by molar-refractivity contribution is -0.385. The Labute approximate surface area is 173 Å². The van der Waals surface area contributed by atoms with Gasteiger partial charge < -0.3 is 9.47 Å². The fourth-order valence-corrected chi connectivity index (χ4v) is 2.40. The van der Waals surface area contributed by atoms with Crippen molar-refractivity contribution in [2.45, 2.75) is 18.0 Å². The standard InChI is InChI=1S/C18H9F7N2O5/c1-31-15(28)12-7-11(3-4-13(12)27(29)30)32-14-5-2-10(6-9(14)8-26)16(19,20)17(21,22)18(23,24)25/h2-7H,1H3. The maximum atomic E-state index is 13.9. The Hall–Kier alpha value is -3.89. The number of esters is 1. The molecule has 170 valence electrons. The minimum Gasteiger partial charge on any atom is -0.465 e. The van der Waals surface area contributed by atoms with Crippen LogP contribution in [0, 0.1) is 21.4 Å². The Balaban J connectivity index is 2.49. The second-order valence-corrected chi connectivity index (χ2v) is 6.00. The zero-order chi connectivity index (χ0) is 24.5. The Morgan fingerprint density at radius 2 is 1.69 bits per heavy atom. The highest BCUT2D eigenvalue weighted by Crippen LogP contribution is 2.52. The van der Waals surface area contributed by atoms with E-state index < -0.39 is 57.0 Å². The number of halogens is 7. The van der Waals surface area contributed by atoms with Crippen molar-refractivity contribution in [3.63, 3.8) is 0 Å². The van der Waals surface area contributed by atoms with Crippen LogP contribution in [0.3, 0.4) is 0 Å². The molecular weight excluding hydrogens is 457 g/mol. The van der Waals surface area contributed by atoms with Crippen LogP contribution < -0.4 is 4.74 Å². The Bertz CT molecular complexity index is 1110. The highest BCUT2D eigenvalue weighted by atomic mass is 19.4. The van der Waals surface area contributed by atoms with Crippen LogP contribution in [0.5, 0.6) is 11.5 Å². The molecule has 0 radical (unpaired) electrons. The molecule has 0 aliphatic rings. The molecule has 0 fully saturated rings. The number of ether oxygens (including phenoxy) is 2. The summed E-state index contributed by atoms with van der Waals surface area (Å²) >= 11 is 0. The minimum atomic E-state index is -6.57. The van der Waals surface area contributed by atoms with E-state index in [-0.39, 0.29) is 17.9 Å². The molecule has 0 heterocycles. The smallest absolute Gasteiger partial charge is 0.460 e. The number of rotatable bonds is 6. The van der Waals surface area contributed by atoms with E-state index in [1.165, 1.54) is 6.07 Å². The van der Waals surface area contributed by atoms with Gasteiger partial charge in [-0.1, -0.05) is 0 Å². The summed E-state index contributed by atoms with van der Waals surface area (Å²) in [6.45, 7) is 0. The van der Waals surface area contributed by atoms with Crippen LogP contribution in [0.1, 0.15) is 21.5 Å². The summed E-state index contributed by atoms with van der Waals surface area (Å²) in [7, 11) is 0.934. The third-order valence-corrected chi connectivity index (χ3v) is 4.01. The van der Waals surface area contributed by atoms with Crippen molar-refractivity contribution >= 4 is 11.7 Å². The lowest BCUT2D eigenvalue weighted by atomic mass is 9.99. The summed E-state index contributed by atoms with van der Waals surface area (Å²) in [5.74, 6) is -14.2. The van der Waals surface area contributed by atoms with Gasteiger partial charge in [-0.05, 0) is 24.3 Å². The molecule has 0 N–H and O–H groups in total. The molecule has 2 aromatic carbocycles. The number of hydrogen-bond acceptors (Lipinski definition) is 6. The van der Waals surface area contributed by atoms with E-state index in [0.717, 1.165) is 25.3 Å². The Morgan fingerprint density at radius 3 is 2.19 bits per heavy atom. The SMILES string of the molecule is COC(=O)c1cc(Oc2ccc(C(F)(F)C(F)(F)C(F)(F)F)cc2C#N)ccc1[N+](=O)[O-]. The lowest BCUT2D eigenvalue weighted by Gasteiger charge is -2.28. The van der Waals surface area contributed by atoms with Crippen molar-refractivity contribution in [3.8, 4) is 17.6 Å². The van der Waals surface area contributed by atoms with Crippen molar-refractivity contribution in [1.82, 2.24) is 0 Å². The molecule has 2 aromatic rings. The number of carbonyl (C=O) groups excluding carboxylic acids is 1. The number of benzene rings is 2. The maximum absolute atomic E-state index is 13.9. The number of nitriles is 1. The molecule has 0 aliphatic heterocycles. The van der Waals surface area contributed by atoms with Gasteiger partial charge in [0.05, 0.1) is 17.6 Å². The molecule has 0 aromatic heterocycles. The molecule has 2 rings (SSSR count). The quantitative estimate of drug-likeness (QED) is 0.247. The molecule has 0 spiro atoms. The Kier molecular flexibility index (Phi) is 6.34. The van der Waals surface area contributed by atoms with Gasteiger partial charge in [0.15, 0.2) is 0 Å². The molecule has 0 saturated carbocycles. The van der Waals surface area contributed by atoms with Gasteiger partial charge in [0, 0.05) is 17.7 Å². The molecule has 0 aliphatic carbocycles. The van der Waals surface area contributed by atoms with Crippen LogP contribution in [0.25, 0.3) is 0 Å². The predicted molar refractivity (Wildman–Crippen MR) is 90.6 cm³/mol. The third kappa shape index (κ3) is 4.27. The summed E-state index contributed by atoms with van der Waals surface area (Å²) in [5.41, 5.74) is -3.89. The normalized spacial score (nSPS) is 12.1. The van der Waals surface area contributed by atoms with Crippen LogP contribution >= 0.6 is 0 Å². The predicted octanol–water partition coefficient (Wildman–Crippen LogP) is 5.33. The van der Waals surface area contributed by atoms with E-state index in [1.807, 2.05) is 0 Å². The largest absolute Gasteiger partial charge is 0.465 e. The van der Waals surface area contributed by atoms with E-state index >= 15 is 0 Å². The van der Waals surface area contributed by atoms with E-state index in [2.05, 4.69) is 4.74 Å². The van der Waals surface area contributed by atoms with Gasteiger partial charge in [-0.2, -0.15) is 36.0 Å². The second-order valence-electron chi connectivity index (χ2n) is 6.00. The number of nitrogens with zero attached hydrogens (tertiary/aromatic N) is 2. The van der Waals surface area contributed by atoms with Crippen LogP contribution in [-0.4, -0.2) is 30.1 Å². The Morgan fingerprint density at radius 1 is 1.06 bits per heavy atom. The zero-order valence-electron chi connectivity index (χ0n) is 15.5. The first-order chi connectivity index (χ1) is 14.7. The van der Waals surface area contributed by atoms with Crippen LogP contribution in [0.2, 0.25) is 0 Å². The number of hydrogen-bond donors (Lipinski definition) is 0. The van der Waals surface area contributed by atoms with Gasteiger partial charge in [0.25, 0.3) is 5.69 Å². The third-order valence-electron chi connectivity index (χ3n) is 4.01. The molecule has 0 amide bonds. The molecule has 0 saturated heterocycles. The minimum absolute atomic E-state index is 0.0849. The number of methoxy groups -OCH3 is 1. The molecule has 7 nitrogen and oxygen atoms in total. The average Bonchev–Trinajstić information content (AvgIpc) is 2.72. The number of nitro benzene ring substituents is 1. The molecular formula is C18H9F7N2O5. The topological polar surface area (TPSA) is 102 Å². The summed E-state index contributed by atoms with van der Waals surface area (Å²) in [6.07, 6.45) is -6.57. The average molecular weight is 466 g/mol. The highest BCUT2D eigenvalue weighted by molar-refractivity contribution is 5.94. The second kappa shape index (κ2) is 8.33. The van der Waals surface area contributed by atoms with Crippen LogP contribution in [0.15, 0.2) is 36.4 Å². The van der Waals surface area contributed by atoms with Crippen molar-refractivity contribution in [2.24, 2.45) is 0 Å². The van der Waals surface area contributed by atoms with Crippen LogP contribution in [-0.2, 0) is 10.7 Å². The first-order valence-electron chi connectivity index (χ1n) is 8.09. The van der Waals surface area contributed by atoms with Gasteiger partial charge in [-0.15, -0.1) is 0 Å². The number of carbonyl (C=O) groups is 1. The molecule has 14 heteroatoms. The van der Waals surface area contributed by atoms with Gasteiger partial charge >= 0.3 is 24.0 Å². The summed E-state index contributed by atoms with van der Waals surface area (Å²) in [4.78, 5) is 21.8. The summed E-state index contributed by atoms with van der Waals surface area (Å²) in [6, 6.07) is 4.75. The summed E-state index contributed by atoms with van der Waals surface area (Å²) in [5, 5.41) is 20.1. The first-order valence-corrected chi connectivity index (χ1v) is 8.09. The van der Waals surface area contributed by atoms with Crippen molar-refractivity contribution in [2.75, 3.05) is 7.11 Å². The van der Waals surface area contributed by atoms with E-state index in [4.69, 9.17) is 10.00 Å². The van der Waals surface area contributed by atoms with Crippen molar-refractivity contribution < 1.29 is 49.9 Å². The number of nitro groups is 1. The molecule has 32 heavy (non-hydrogen) atoms. The highest BCUT2D eigenvalue weighted by Gasteiger charge is 2.73. The van der Waals surface area contributed by atoms with E-state index in [0.29, 0.717) is 6.07 Å². The fraction of sp³-hybridized carbons (Fsp3) is 0.222. The van der Waals surface area contributed by atoms with Gasteiger partial charge in [0.1, 0.15) is 23.1 Å². The van der Waals surface area contributed by atoms with Crippen LogP contribution in [0.4, 0.5) is 36.4 Å². The van der Waals surface area contributed by atoms with Gasteiger partial charge in [-0.25, -0.2) is 4.79 Å². The van der Waals surface area contributed by atoms with E-state index in [1.54, 1.807) is 0 Å². The molecule has 0 unspecified atom stereocenters. The first kappa shape index (κ1) is 24.4. The maximum Gasteiger partial charge on any atom is 0.460 e. The number of alkyl halides is 7. The van der Waals surface area contributed by atoms with E-state index in [9.17, 15) is 45.6 Å². The lowest BCUT2D eigenvalue weighted by Crippen LogP contribution is -2.50. The summed E-state index contributed by atoms with van der Waals surface area (Å²) < 4.78 is 101. The molecule has 0 bridgehead atoms. The zero-order valence-corrected chi connectivity index (χ0v) is 15.5. The van der Waals surface area contributed by atoms with Gasteiger partial charge in [-0.3, -0.25) is 10.1 Å². The van der Waals surface area contributed by atoms with Crippen molar-refractivity contribution in [1.29, 1.82) is 5.26 Å². The fourth-order valence-electron chi connectivity index (χ4n) is 2.40. The van der Waals surface area contributed by atoms with Gasteiger partial charge in [0.2, 0.25) is 0 Å².